The van der Waals surface area contributed by atoms with Gasteiger partial charge in [-0.05, 0) is 44.1 Å². The fourth-order valence-electron chi connectivity index (χ4n) is 3.25. The van der Waals surface area contributed by atoms with E-state index in [-0.39, 0.29) is 0 Å². The van der Waals surface area contributed by atoms with Gasteiger partial charge < -0.3 is 10.1 Å². The highest BCUT2D eigenvalue weighted by Gasteiger charge is 2.42. The van der Waals surface area contributed by atoms with Gasteiger partial charge in [0.15, 0.2) is 0 Å². The molecule has 1 heterocycles. The van der Waals surface area contributed by atoms with Crippen molar-refractivity contribution in [3.8, 4) is 0 Å². The maximum Gasteiger partial charge on any atom is 0.0476 e. The third kappa shape index (κ3) is 3.64. The zero-order valence-electron chi connectivity index (χ0n) is 12.2. The predicted molar refractivity (Wildman–Crippen MR) is 80.3 cm³/mol. The summed E-state index contributed by atoms with van der Waals surface area (Å²) in [6, 6.07) is 0.699. The summed E-state index contributed by atoms with van der Waals surface area (Å²) < 4.78 is 5.47. The summed E-state index contributed by atoms with van der Waals surface area (Å²) in [5.41, 5.74) is 0.470. The first kappa shape index (κ1) is 14.7. The highest BCUT2D eigenvalue weighted by molar-refractivity contribution is 8.00. The van der Waals surface area contributed by atoms with Gasteiger partial charge in [0, 0.05) is 29.8 Å². The topological polar surface area (TPSA) is 21.3 Å². The summed E-state index contributed by atoms with van der Waals surface area (Å²) >= 11 is 2.25. The van der Waals surface area contributed by atoms with Crippen molar-refractivity contribution in [3.05, 3.63) is 0 Å². The number of rotatable bonds is 5. The molecule has 0 aromatic rings. The van der Waals surface area contributed by atoms with Gasteiger partial charge in [-0.3, -0.25) is 0 Å². The first-order chi connectivity index (χ1) is 8.63. The Labute approximate surface area is 117 Å². The zero-order chi connectivity index (χ0) is 13.0. The van der Waals surface area contributed by atoms with Crippen LogP contribution in [0.25, 0.3) is 0 Å². The SMILES string of the molecule is CCCNC1C(SC2CCOCC2)CCC1(C)C. The molecule has 18 heavy (non-hydrogen) atoms. The van der Waals surface area contributed by atoms with Crippen molar-refractivity contribution in [2.75, 3.05) is 19.8 Å². The normalized spacial score (nSPS) is 32.8. The largest absolute Gasteiger partial charge is 0.381 e. The van der Waals surface area contributed by atoms with Crippen LogP contribution < -0.4 is 5.32 Å². The lowest BCUT2D eigenvalue weighted by atomic mass is 9.87. The van der Waals surface area contributed by atoms with Crippen LogP contribution in [0.5, 0.6) is 0 Å². The molecule has 2 rings (SSSR count). The maximum atomic E-state index is 5.47. The fourth-order valence-corrected chi connectivity index (χ4v) is 5.09. The quantitative estimate of drug-likeness (QED) is 0.827. The van der Waals surface area contributed by atoms with Crippen LogP contribution in [0.2, 0.25) is 0 Å². The van der Waals surface area contributed by atoms with Gasteiger partial charge in [0.05, 0.1) is 0 Å². The Morgan fingerprint density at radius 3 is 2.61 bits per heavy atom. The van der Waals surface area contributed by atoms with Crippen molar-refractivity contribution in [2.45, 2.75) is 69.4 Å². The molecule has 1 N–H and O–H groups in total. The predicted octanol–water partition coefficient (Wildman–Crippen LogP) is 3.46. The number of ether oxygens (including phenoxy) is 1. The fraction of sp³-hybridized carbons (Fsp3) is 1.00. The summed E-state index contributed by atoms with van der Waals surface area (Å²) in [6.45, 7) is 10.2. The van der Waals surface area contributed by atoms with E-state index < -0.39 is 0 Å². The Hall–Kier alpha value is 0.270. The monoisotopic (exact) mass is 271 g/mol. The molecule has 0 bridgehead atoms. The molecule has 1 aliphatic heterocycles. The summed E-state index contributed by atoms with van der Waals surface area (Å²) in [6.07, 6.45) is 6.50. The van der Waals surface area contributed by atoms with Crippen LogP contribution in [0.3, 0.4) is 0 Å². The van der Waals surface area contributed by atoms with Crippen molar-refractivity contribution < 1.29 is 4.74 Å². The molecule has 0 radical (unpaired) electrons. The van der Waals surface area contributed by atoms with Crippen LogP contribution in [-0.2, 0) is 4.74 Å². The lowest BCUT2D eigenvalue weighted by molar-refractivity contribution is 0.0999. The van der Waals surface area contributed by atoms with Crippen molar-refractivity contribution in [1.82, 2.24) is 5.32 Å². The second-order valence-corrected chi connectivity index (χ2v) is 7.99. The molecule has 2 nitrogen and oxygen atoms in total. The van der Waals surface area contributed by atoms with Crippen molar-refractivity contribution in [1.29, 1.82) is 0 Å². The van der Waals surface area contributed by atoms with Gasteiger partial charge in [0.2, 0.25) is 0 Å². The minimum atomic E-state index is 0.470. The number of thioether (sulfide) groups is 1. The number of hydrogen-bond acceptors (Lipinski definition) is 3. The molecule has 2 fully saturated rings. The molecule has 2 atom stereocenters. The van der Waals surface area contributed by atoms with Gasteiger partial charge in [0.1, 0.15) is 0 Å². The highest BCUT2D eigenvalue weighted by atomic mass is 32.2. The Morgan fingerprint density at radius 1 is 1.22 bits per heavy atom. The van der Waals surface area contributed by atoms with Gasteiger partial charge in [-0.2, -0.15) is 11.8 Å². The average molecular weight is 271 g/mol. The van der Waals surface area contributed by atoms with Crippen molar-refractivity contribution in [2.24, 2.45) is 5.41 Å². The van der Waals surface area contributed by atoms with Gasteiger partial charge >= 0.3 is 0 Å². The van der Waals surface area contributed by atoms with Crippen LogP contribution in [0, 0.1) is 5.41 Å². The van der Waals surface area contributed by atoms with Gasteiger partial charge in [-0.15, -0.1) is 0 Å². The second kappa shape index (κ2) is 6.62. The van der Waals surface area contributed by atoms with Gasteiger partial charge in [0.25, 0.3) is 0 Å². The van der Waals surface area contributed by atoms with E-state index in [4.69, 9.17) is 4.74 Å². The minimum Gasteiger partial charge on any atom is -0.381 e. The molecule has 2 aliphatic rings. The molecule has 0 aromatic heterocycles. The molecular weight excluding hydrogens is 242 g/mol. The Morgan fingerprint density at radius 2 is 1.94 bits per heavy atom. The smallest absolute Gasteiger partial charge is 0.0476 e. The lowest BCUT2D eigenvalue weighted by Crippen LogP contribution is -2.44. The molecule has 0 spiro atoms. The van der Waals surface area contributed by atoms with Gasteiger partial charge in [-0.1, -0.05) is 20.8 Å². The second-order valence-electron chi connectivity index (χ2n) is 6.45. The molecule has 2 unspecified atom stereocenters. The van der Waals surface area contributed by atoms with E-state index in [1.165, 1.54) is 38.6 Å². The van der Waals surface area contributed by atoms with Gasteiger partial charge in [-0.25, -0.2) is 0 Å². The molecular formula is C15H29NOS. The minimum absolute atomic E-state index is 0.470. The number of nitrogens with one attached hydrogen (secondary N) is 1. The zero-order valence-corrected chi connectivity index (χ0v) is 13.0. The third-order valence-electron chi connectivity index (χ3n) is 4.44. The van der Waals surface area contributed by atoms with E-state index in [0.717, 1.165) is 23.7 Å². The molecule has 1 saturated heterocycles. The van der Waals surface area contributed by atoms with Crippen LogP contribution in [0.1, 0.15) is 52.9 Å². The summed E-state index contributed by atoms with van der Waals surface area (Å²) in [5.74, 6) is 0. The highest BCUT2D eigenvalue weighted by Crippen LogP contribution is 2.45. The van der Waals surface area contributed by atoms with E-state index in [1.807, 2.05) is 0 Å². The third-order valence-corrected chi connectivity index (χ3v) is 6.15. The molecule has 3 heteroatoms. The maximum absolute atomic E-state index is 5.47. The van der Waals surface area contributed by atoms with E-state index >= 15 is 0 Å². The molecule has 0 aromatic carbocycles. The standard InChI is InChI=1S/C15H29NOS/c1-4-9-16-14-13(5-8-15(14,2)3)18-12-6-10-17-11-7-12/h12-14,16H,4-11H2,1-3H3. The van der Waals surface area contributed by atoms with Crippen LogP contribution in [0.15, 0.2) is 0 Å². The first-order valence-corrected chi connectivity index (χ1v) is 8.54. The first-order valence-electron chi connectivity index (χ1n) is 7.60. The van der Waals surface area contributed by atoms with E-state index in [0.29, 0.717) is 11.5 Å². The lowest BCUT2D eigenvalue weighted by Gasteiger charge is -2.33. The van der Waals surface area contributed by atoms with E-state index in [9.17, 15) is 0 Å². The van der Waals surface area contributed by atoms with Crippen LogP contribution >= 0.6 is 11.8 Å². The van der Waals surface area contributed by atoms with Crippen molar-refractivity contribution in [3.63, 3.8) is 0 Å². The Bertz CT molecular complexity index is 251. The Kier molecular flexibility index (Phi) is 5.40. The van der Waals surface area contributed by atoms with E-state index in [2.05, 4.69) is 37.8 Å². The summed E-state index contributed by atoms with van der Waals surface area (Å²) in [5, 5.41) is 5.46. The van der Waals surface area contributed by atoms with E-state index in [1.54, 1.807) is 0 Å². The molecule has 106 valence electrons. The summed E-state index contributed by atoms with van der Waals surface area (Å²) in [4.78, 5) is 0. The molecule has 1 aliphatic carbocycles. The van der Waals surface area contributed by atoms with Crippen LogP contribution in [0.4, 0.5) is 0 Å². The van der Waals surface area contributed by atoms with Crippen molar-refractivity contribution >= 4 is 11.8 Å². The number of hydrogen-bond donors (Lipinski definition) is 1. The van der Waals surface area contributed by atoms with Crippen LogP contribution in [-0.4, -0.2) is 36.3 Å². The average Bonchev–Trinajstić information content (AvgIpc) is 2.64. The summed E-state index contributed by atoms with van der Waals surface area (Å²) in [7, 11) is 0. The molecule has 1 saturated carbocycles. The Balaban J connectivity index is 1.89. The molecule has 0 amide bonds.